The Morgan fingerprint density at radius 1 is 0.816 bits per heavy atom. The number of carbonyl (C=O) groups excluding carboxylic acids is 1. The number of benzene rings is 3. The van der Waals surface area contributed by atoms with E-state index < -0.39 is 10.9 Å². The molecule has 0 fully saturated rings. The molecule has 10 heteroatoms. The number of amides is 1. The van der Waals surface area contributed by atoms with E-state index in [1.165, 1.54) is 18.2 Å². The molecule has 38 heavy (non-hydrogen) atoms. The molecule has 3 rings (SSSR count). The third-order valence-electron chi connectivity index (χ3n) is 5.90. The van der Waals surface area contributed by atoms with Gasteiger partial charge in [-0.15, -0.1) is 0 Å². The Morgan fingerprint density at radius 2 is 1.26 bits per heavy atom. The number of nitrogens with one attached hydrogen (secondary N) is 1. The van der Waals surface area contributed by atoms with E-state index in [4.69, 9.17) is 16.7 Å². The van der Waals surface area contributed by atoms with Crippen LogP contribution in [0.5, 0.6) is 0 Å². The van der Waals surface area contributed by atoms with Gasteiger partial charge < -0.3 is 20.2 Å². The number of nitro benzene ring substituents is 1. The summed E-state index contributed by atoms with van der Waals surface area (Å²) in [6, 6.07) is 18.3. The molecule has 1 amide bonds. The fraction of sp³-hybridized carbons (Fsp3) is 0.286. The molecule has 0 heterocycles. The summed E-state index contributed by atoms with van der Waals surface area (Å²) >= 11 is 5.76. The van der Waals surface area contributed by atoms with Crippen molar-refractivity contribution in [2.45, 2.75) is 27.7 Å². The Bertz CT molecular complexity index is 1220. The molecule has 0 unspecified atom stereocenters. The van der Waals surface area contributed by atoms with Gasteiger partial charge in [0.05, 0.1) is 10.5 Å². The summed E-state index contributed by atoms with van der Waals surface area (Å²) in [7, 11) is 0. The second-order valence-electron chi connectivity index (χ2n) is 8.12. The average molecular weight is 541 g/mol. The number of aromatic carboxylic acids is 1. The van der Waals surface area contributed by atoms with Crippen molar-refractivity contribution in [2.75, 3.05) is 41.3 Å². The van der Waals surface area contributed by atoms with E-state index in [9.17, 15) is 19.7 Å². The number of nitrogens with zero attached hydrogens (tertiary/aromatic N) is 3. The van der Waals surface area contributed by atoms with E-state index in [2.05, 4.69) is 42.8 Å². The molecular formula is C28H33ClN4O5. The largest absolute Gasteiger partial charge is 0.478 e. The Kier molecular flexibility index (Phi) is 11.6. The van der Waals surface area contributed by atoms with Crippen LogP contribution < -0.4 is 15.1 Å². The van der Waals surface area contributed by atoms with Crippen LogP contribution in [0, 0.1) is 10.1 Å². The van der Waals surface area contributed by atoms with E-state index in [-0.39, 0.29) is 16.6 Å². The van der Waals surface area contributed by atoms with Crippen molar-refractivity contribution in [1.29, 1.82) is 0 Å². The summed E-state index contributed by atoms with van der Waals surface area (Å²) < 4.78 is 0. The quantitative estimate of drug-likeness (QED) is 0.220. The first kappa shape index (κ1) is 30.1. The molecule has 0 bridgehead atoms. The highest BCUT2D eigenvalue weighted by molar-refractivity contribution is 6.32. The van der Waals surface area contributed by atoms with E-state index >= 15 is 0 Å². The zero-order chi connectivity index (χ0) is 28.2. The van der Waals surface area contributed by atoms with Crippen LogP contribution in [-0.4, -0.2) is 48.1 Å². The van der Waals surface area contributed by atoms with E-state index in [0.717, 1.165) is 37.6 Å². The number of anilines is 3. The minimum atomic E-state index is -0.879. The van der Waals surface area contributed by atoms with Crippen LogP contribution in [0.2, 0.25) is 5.02 Å². The predicted octanol–water partition coefficient (Wildman–Crippen LogP) is 6.58. The third-order valence-corrected chi connectivity index (χ3v) is 6.22. The molecule has 0 radical (unpaired) electrons. The molecule has 2 N–H and O–H groups in total. The number of carboxylic acids is 1. The van der Waals surface area contributed by atoms with Crippen molar-refractivity contribution >= 4 is 46.2 Å². The summed E-state index contributed by atoms with van der Waals surface area (Å²) in [5.74, 6) is -1.21. The molecule has 0 saturated carbocycles. The zero-order valence-corrected chi connectivity index (χ0v) is 22.7. The van der Waals surface area contributed by atoms with E-state index in [1.807, 2.05) is 24.3 Å². The Labute approximate surface area is 227 Å². The average Bonchev–Trinajstić information content (AvgIpc) is 2.92. The second kappa shape index (κ2) is 14.6. The molecule has 3 aromatic carbocycles. The van der Waals surface area contributed by atoms with Gasteiger partial charge in [0, 0.05) is 54.9 Å². The monoisotopic (exact) mass is 540 g/mol. The first-order valence-electron chi connectivity index (χ1n) is 12.3. The molecule has 0 aliphatic carbocycles. The second-order valence-corrected chi connectivity index (χ2v) is 8.53. The summed E-state index contributed by atoms with van der Waals surface area (Å²) in [5, 5.41) is 22.3. The summed E-state index contributed by atoms with van der Waals surface area (Å²) in [6.07, 6.45) is 0. The highest BCUT2D eigenvalue weighted by atomic mass is 35.5. The highest BCUT2D eigenvalue weighted by Crippen LogP contribution is 2.27. The van der Waals surface area contributed by atoms with Crippen LogP contribution in [0.1, 0.15) is 48.4 Å². The molecule has 0 atom stereocenters. The fourth-order valence-electron chi connectivity index (χ4n) is 3.75. The highest BCUT2D eigenvalue weighted by Gasteiger charge is 2.15. The maximum Gasteiger partial charge on any atom is 0.335 e. The lowest BCUT2D eigenvalue weighted by Gasteiger charge is -2.21. The molecule has 3 aromatic rings. The minimum Gasteiger partial charge on any atom is -0.478 e. The number of hydrogen-bond acceptors (Lipinski definition) is 6. The standard InChI is InChI=1S/C17H18ClN3O3.C11H15NO2/c1-3-20(4-2)14-8-5-12(6-9-14)17(22)19-13-7-10-15(18)16(11-13)21(23)24;1-3-12(4-2)10-7-5-9(6-8-10)11(13)14/h5-11H,3-4H2,1-2H3,(H,19,22);5-8H,3-4H2,1-2H3,(H,13,14). The van der Waals surface area contributed by atoms with Gasteiger partial charge in [-0.25, -0.2) is 4.79 Å². The summed E-state index contributed by atoms with van der Waals surface area (Å²) in [6.45, 7) is 11.9. The van der Waals surface area contributed by atoms with Crippen LogP contribution in [0.15, 0.2) is 66.7 Å². The van der Waals surface area contributed by atoms with Gasteiger partial charge in [-0.3, -0.25) is 14.9 Å². The molecule has 0 aromatic heterocycles. The van der Waals surface area contributed by atoms with Crippen LogP contribution in [0.25, 0.3) is 0 Å². The molecule has 0 aliphatic rings. The topological polar surface area (TPSA) is 116 Å². The van der Waals surface area contributed by atoms with Crippen molar-refractivity contribution in [1.82, 2.24) is 0 Å². The Hall–Kier alpha value is -4.11. The van der Waals surface area contributed by atoms with Crippen molar-refractivity contribution in [3.63, 3.8) is 0 Å². The number of nitro groups is 1. The van der Waals surface area contributed by atoms with Crippen molar-refractivity contribution in [3.05, 3.63) is 93.0 Å². The summed E-state index contributed by atoms with van der Waals surface area (Å²) in [4.78, 5) is 37.5. The molecule has 0 spiro atoms. The first-order chi connectivity index (χ1) is 18.1. The van der Waals surface area contributed by atoms with Crippen LogP contribution >= 0.6 is 11.6 Å². The van der Waals surface area contributed by atoms with Gasteiger partial charge in [0.25, 0.3) is 11.6 Å². The lowest BCUT2D eigenvalue weighted by Crippen LogP contribution is -2.21. The van der Waals surface area contributed by atoms with Gasteiger partial charge in [-0.2, -0.15) is 0 Å². The SMILES string of the molecule is CCN(CC)c1ccc(C(=O)Nc2ccc(Cl)c([N+](=O)[O-])c2)cc1.CCN(CC)c1ccc(C(=O)O)cc1. The lowest BCUT2D eigenvalue weighted by atomic mass is 10.1. The number of carbonyl (C=O) groups is 2. The number of hydrogen-bond donors (Lipinski definition) is 2. The molecular weight excluding hydrogens is 508 g/mol. The van der Waals surface area contributed by atoms with Crippen LogP contribution in [0.3, 0.4) is 0 Å². The smallest absolute Gasteiger partial charge is 0.335 e. The van der Waals surface area contributed by atoms with Gasteiger partial charge in [0.2, 0.25) is 0 Å². The summed E-state index contributed by atoms with van der Waals surface area (Å²) in [5.41, 5.74) is 3.00. The maximum atomic E-state index is 12.3. The van der Waals surface area contributed by atoms with Gasteiger partial charge in [0.1, 0.15) is 5.02 Å². The molecule has 9 nitrogen and oxygen atoms in total. The minimum absolute atomic E-state index is 0.0292. The Balaban J connectivity index is 0.000000308. The van der Waals surface area contributed by atoms with Crippen LogP contribution in [-0.2, 0) is 0 Å². The van der Waals surface area contributed by atoms with Gasteiger partial charge in [0.15, 0.2) is 0 Å². The van der Waals surface area contributed by atoms with Crippen molar-refractivity contribution < 1.29 is 19.6 Å². The van der Waals surface area contributed by atoms with Gasteiger partial charge >= 0.3 is 5.97 Å². The molecule has 202 valence electrons. The van der Waals surface area contributed by atoms with Gasteiger partial charge in [-0.1, -0.05) is 11.6 Å². The van der Waals surface area contributed by atoms with Gasteiger partial charge in [-0.05, 0) is 88.4 Å². The number of halogens is 1. The fourth-order valence-corrected chi connectivity index (χ4v) is 3.94. The lowest BCUT2D eigenvalue weighted by molar-refractivity contribution is -0.384. The number of carboxylic acid groups (broad SMARTS) is 1. The van der Waals surface area contributed by atoms with E-state index in [0.29, 0.717) is 16.8 Å². The van der Waals surface area contributed by atoms with Crippen molar-refractivity contribution in [2.24, 2.45) is 0 Å². The number of rotatable bonds is 10. The zero-order valence-electron chi connectivity index (χ0n) is 22.0. The predicted molar refractivity (Wildman–Crippen MR) is 153 cm³/mol. The molecule has 0 saturated heterocycles. The maximum absolute atomic E-state index is 12.3. The van der Waals surface area contributed by atoms with E-state index in [1.54, 1.807) is 24.3 Å². The molecule has 0 aliphatic heterocycles. The normalized spacial score (nSPS) is 10.1. The third kappa shape index (κ3) is 8.21. The van der Waals surface area contributed by atoms with Crippen LogP contribution in [0.4, 0.5) is 22.7 Å². The van der Waals surface area contributed by atoms with Crippen molar-refractivity contribution in [3.8, 4) is 0 Å². The first-order valence-corrected chi connectivity index (χ1v) is 12.7. The Morgan fingerprint density at radius 3 is 1.66 bits per heavy atom.